The van der Waals surface area contributed by atoms with Gasteiger partial charge in [-0.15, -0.1) is 0 Å². The molecule has 0 saturated carbocycles. The summed E-state index contributed by atoms with van der Waals surface area (Å²) in [4.78, 5) is 6.75. The van der Waals surface area contributed by atoms with Gasteiger partial charge in [-0.2, -0.15) is 14.4 Å². The third-order valence-corrected chi connectivity index (χ3v) is 0. The fourth-order valence-corrected chi connectivity index (χ4v) is 0. The van der Waals surface area contributed by atoms with Gasteiger partial charge in [0.25, 0.3) is 0 Å². The van der Waals surface area contributed by atoms with Crippen molar-refractivity contribution in [1.29, 1.82) is 0 Å². The molecule has 0 bridgehead atoms. The molecule has 0 atom stereocenters. The molecule has 0 fully saturated rings. The first kappa shape index (κ1) is 15.7. The van der Waals surface area contributed by atoms with E-state index in [4.69, 9.17) is 16.6 Å². The van der Waals surface area contributed by atoms with Crippen LogP contribution in [0.4, 0.5) is 0 Å². The monoisotopic (exact) mass is 126 g/mol. The van der Waals surface area contributed by atoms with E-state index < -0.39 is 0 Å². The van der Waals surface area contributed by atoms with Gasteiger partial charge in [-0.25, -0.2) is 0 Å². The van der Waals surface area contributed by atoms with E-state index in [1.165, 1.54) is 0 Å². The Labute approximate surface area is 52.2 Å². The molecule has 9 heavy (non-hydrogen) atoms. The Morgan fingerprint density at radius 1 is 0.667 bits per heavy atom. The zero-order valence-electron chi connectivity index (χ0n) is 4.80. The molecule has 0 aromatic rings. The average molecular weight is 126 g/mol. The lowest BCUT2D eigenvalue weighted by Crippen LogP contribution is -1.21. The third kappa shape index (κ3) is 30.4. The summed E-state index contributed by atoms with van der Waals surface area (Å²) in [7, 11) is 0. The van der Waals surface area contributed by atoms with Gasteiger partial charge in [0.2, 0.25) is 20.2 Å². The second-order valence-electron chi connectivity index (χ2n) is 0.424. The average Bonchev–Trinajstić information content (AvgIpc) is 1.70. The molecule has 0 saturated heterocycles. The van der Waals surface area contributed by atoms with Gasteiger partial charge in [-0.05, 0) is 0 Å². The molecule has 0 aliphatic heterocycles. The van der Waals surface area contributed by atoms with Crippen molar-refractivity contribution in [3.8, 4) is 0 Å². The first-order valence-electron chi connectivity index (χ1n) is 1.55. The SMILES string of the molecule is C=[N+]=[N-].C=[N+]=[N-].C=[N+]=[N-]. The second-order valence-corrected chi connectivity index (χ2v) is 0.424. The van der Waals surface area contributed by atoms with Crippen molar-refractivity contribution in [2.45, 2.75) is 0 Å². The predicted molar refractivity (Wildman–Crippen MR) is 32.2 cm³/mol. The number of rotatable bonds is 0. The lowest BCUT2D eigenvalue weighted by Gasteiger charge is -1.16. The summed E-state index contributed by atoms with van der Waals surface area (Å²) >= 11 is 0. The zero-order chi connectivity index (χ0) is 8.12. The molecule has 0 radical (unpaired) electrons. The Morgan fingerprint density at radius 3 is 0.667 bits per heavy atom. The summed E-state index contributed by atoms with van der Waals surface area (Å²) in [6, 6.07) is 0. The van der Waals surface area contributed by atoms with Crippen LogP contribution < -0.4 is 0 Å². The van der Waals surface area contributed by atoms with Gasteiger partial charge < -0.3 is 16.6 Å². The summed E-state index contributed by atoms with van der Waals surface area (Å²) in [6.07, 6.45) is 0. The number of hydrogen-bond acceptors (Lipinski definition) is 0. The molecule has 0 unspecified atom stereocenters. The van der Waals surface area contributed by atoms with Crippen LogP contribution in [0.25, 0.3) is 16.6 Å². The van der Waals surface area contributed by atoms with Crippen molar-refractivity contribution >= 4 is 20.2 Å². The molecule has 6 nitrogen and oxygen atoms in total. The van der Waals surface area contributed by atoms with Crippen molar-refractivity contribution in [3.05, 3.63) is 16.6 Å². The van der Waals surface area contributed by atoms with Gasteiger partial charge in [0.05, 0.1) is 0 Å². The first-order chi connectivity index (χ1) is 4.24. The van der Waals surface area contributed by atoms with Gasteiger partial charge in [0, 0.05) is 0 Å². The van der Waals surface area contributed by atoms with E-state index >= 15 is 0 Å². The van der Waals surface area contributed by atoms with Gasteiger partial charge in [-0.3, -0.25) is 0 Å². The Kier molecular flexibility index (Phi) is 218. The highest BCUT2D eigenvalue weighted by Crippen LogP contribution is 0.907. The molecular weight excluding hydrogens is 120 g/mol. The maximum atomic E-state index is 7.08. The maximum absolute atomic E-state index is 7.08. The van der Waals surface area contributed by atoms with E-state index in [2.05, 4.69) is 34.5 Å². The van der Waals surface area contributed by atoms with Crippen molar-refractivity contribution in [2.75, 3.05) is 0 Å². The fourth-order valence-electron chi connectivity index (χ4n) is 0. The van der Waals surface area contributed by atoms with E-state index in [1.54, 1.807) is 0 Å². The summed E-state index contributed by atoms with van der Waals surface area (Å²) in [6.45, 7) is 8.00. The minimum atomic E-state index is 2.25. The first-order valence-corrected chi connectivity index (χ1v) is 1.55. The predicted octanol–water partition coefficient (Wildman–Crippen LogP) is -0.250. The van der Waals surface area contributed by atoms with E-state index in [0.717, 1.165) is 0 Å². The largest absolute Gasteiger partial charge is 0.362 e. The maximum Gasteiger partial charge on any atom is 0.245 e. The van der Waals surface area contributed by atoms with Crippen LogP contribution in [0.2, 0.25) is 0 Å². The van der Waals surface area contributed by atoms with Crippen LogP contribution in [0.3, 0.4) is 0 Å². The molecule has 48 valence electrons. The quantitative estimate of drug-likeness (QED) is 0.242. The lowest BCUT2D eigenvalue weighted by molar-refractivity contribution is 0.0106. The van der Waals surface area contributed by atoms with Gasteiger partial charge >= 0.3 is 0 Å². The minimum absolute atomic E-state index is 2.25. The van der Waals surface area contributed by atoms with Crippen molar-refractivity contribution in [1.82, 2.24) is 0 Å². The van der Waals surface area contributed by atoms with E-state index in [-0.39, 0.29) is 0 Å². The zero-order valence-corrected chi connectivity index (χ0v) is 4.80. The number of hydrogen-bond donors (Lipinski definition) is 0. The molecule has 0 N–H and O–H groups in total. The molecule has 0 aliphatic carbocycles. The summed E-state index contributed by atoms with van der Waals surface area (Å²) in [5.41, 5.74) is 21.2. The van der Waals surface area contributed by atoms with Crippen LogP contribution >= 0.6 is 0 Å². The fraction of sp³-hybridized carbons (Fsp3) is 0. The van der Waals surface area contributed by atoms with Crippen molar-refractivity contribution in [3.63, 3.8) is 0 Å². The van der Waals surface area contributed by atoms with Gasteiger partial charge in [0.1, 0.15) is 0 Å². The van der Waals surface area contributed by atoms with Gasteiger partial charge in [-0.1, -0.05) is 0 Å². The Morgan fingerprint density at radius 2 is 0.667 bits per heavy atom. The molecule has 6 heteroatoms. The number of nitrogens with zero attached hydrogens (tertiary/aromatic N) is 6. The second kappa shape index (κ2) is 125. The standard InChI is InChI=1S/3CH2N2/c3*1-3-2/h3*1H2. The van der Waals surface area contributed by atoms with Crippen LogP contribution in [-0.2, 0) is 0 Å². The lowest BCUT2D eigenvalue weighted by atomic mass is 11.8. The Bertz CT molecular complexity index is 99.9. The highest BCUT2D eigenvalue weighted by molar-refractivity contribution is 5.12. The highest BCUT2D eigenvalue weighted by Gasteiger charge is 0.937. The molecule has 0 aliphatic rings. The van der Waals surface area contributed by atoms with Crippen LogP contribution in [-0.4, -0.2) is 34.5 Å². The smallest absolute Gasteiger partial charge is 0.245 e. The van der Waals surface area contributed by atoms with Crippen LogP contribution in [0.15, 0.2) is 0 Å². The normalized spacial score (nSPS) is 2.67. The van der Waals surface area contributed by atoms with Crippen LogP contribution in [0, 0.1) is 0 Å². The molecule has 0 spiro atoms. The van der Waals surface area contributed by atoms with E-state index in [0.29, 0.717) is 0 Å². The molecular formula is C3H6N6. The van der Waals surface area contributed by atoms with Crippen molar-refractivity contribution < 1.29 is 14.4 Å². The molecule has 0 rings (SSSR count). The molecule has 0 amide bonds. The van der Waals surface area contributed by atoms with Gasteiger partial charge in [0.15, 0.2) is 0 Å². The highest BCUT2D eigenvalue weighted by atomic mass is 14.8. The summed E-state index contributed by atoms with van der Waals surface area (Å²) in [5.74, 6) is 0. The van der Waals surface area contributed by atoms with Crippen LogP contribution in [0.1, 0.15) is 0 Å². The topological polar surface area (TPSA) is 109 Å². The minimum Gasteiger partial charge on any atom is -0.362 e. The van der Waals surface area contributed by atoms with Crippen LogP contribution in [0.5, 0.6) is 0 Å². The molecule has 0 aromatic carbocycles. The van der Waals surface area contributed by atoms with E-state index in [1.807, 2.05) is 0 Å². The van der Waals surface area contributed by atoms with Crippen molar-refractivity contribution in [2.24, 2.45) is 0 Å². The third-order valence-electron chi connectivity index (χ3n) is 0. The molecule has 0 heterocycles. The Balaban J connectivity index is -0.0000000600. The van der Waals surface area contributed by atoms with E-state index in [9.17, 15) is 0 Å². The Hall–Kier alpha value is -1.86. The summed E-state index contributed by atoms with van der Waals surface area (Å²) in [5, 5.41) is 0. The summed E-state index contributed by atoms with van der Waals surface area (Å²) < 4.78 is 0. The molecule has 0 aromatic heterocycles.